The van der Waals surface area contributed by atoms with Crippen molar-refractivity contribution in [2.24, 2.45) is 0 Å². The van der Waals surface area contributed by atoms with Gasteiger partial charge in [-0.3, -0.25) is 4.79 Å². The number of allylic oxidation sites excluding steroid dienone is 2. The van der Waals surface area contributed by atoms with E-state index in [1.54, 1.807) is 23.4 Å². The minimum atomic E-state index is -0.420. The monoisotopic (exact) mass is 526 g/mol. The summed E-state index contributed by atoms with van der Waals surface area (Å²) in [5.41, 5.74) is 3.30. The summed E-state index contributed by atoms with van der Waals surface area (Å²) >= 11 is 7.62. The molecule has 0 saturated carbocycles. The number of hydrogen-bond acceptors (Lipinski definition) is 7. The molecule has 0 spiro atoms. The molecule has 0 amide bonds. The summed E-state index contributed by atoms with van der Waals surface area (Å²) in [6, 6.07) is 12.9. The Hall–Kier alpha value is -2.97. The van der Waals surface area contributed by atoms with E-state index in [0.29, 0.717) is 46.4 Å². The lowest BCUT2D eigenvalue weighted by Gasteiger charge is -2.28. The third kappa shape index (κ3) is 5.87. The van der Waals surface area contributed by atoms with Gasteiger partial charge in [-0.1, -0.05) is 54.9 Å². The summed E-state index contributed by atoms with van der Waals surface area (Å²) in [6.07, 6.45) is 2.21. The molecular formula is C27H31ClN4O3S. The van der Waals surface area contributed by atoms with E-state index in [4.69, 9.17) is 26.2 Å². The van der Waals surface area contributed by atoms with Crippen molar-refractivity contribution in [2.45, 2.75) is 58.3 Å². The number of hydrogen-bond donors (Lipinski definition) is 1. The molecule has 0 bridgehead atoms. The van der Waals surface area contributed by atoms with Crippen LogP contribution in [0.5, 0.6) is 11.5 Å². The first kappa shape index (κ1) is 26.1. The van der Waals surface area contributed by atoms with Gasteiger partial charge in [-0.05, 0) is 62.6 Å². The smallest absolute Gasteiger partial charge is 0.227 e. The number of carbonyl (C=O) groups excluding carboxylic acids is 1. The molecule has 0 radical (unpaired) electrons. The van der Waals surface area contributed by atoms with Crippen molar-refractivity contribution >= 4 is 35.1 Å². The quantitative estimate of drug-likeness (QED) is 0.220. The van der Waals surface area contributed by atoms with Crippen LogP contribution in [0.15, 0.2) is 58.9 Å². The number of anilines is 1. The van der Waals surface area contributed by atoms with Gasteiger partial charge < -0.3 is 14.8 Å². The molecule has 4 rings (SSSR count). The molecule has 3 aromatic rings. The molecule has 190 valence electrons. The van der Waals surface area contributed by atoms with Crippen molar-refractivity contribution in [2.75, 3.05) is 17.7 Å². The second kappa shape index (κ2) is 11.8. The summed E-state index contributed by atoms with van der Waals surface area (Å²) in [5, 5.41) is 9.41. The number of benzene rings is 2. The molecule has 0 aliphatic carbocycles. The van der Waals surface area contributed by atoms with Gasteiger partial charge in [0.1, 0.15) is 12.6 Å². The Morgan fingerprint density at radius 3 is 2.61 bits per heavy atom. The molecule has 1 aliphatic rings. The van der Waals surface area contributed by atoms with Crippen LogP contribution >= 0.6 is 23.4 Å². The van der Waals surface area contributed by atoms with Gasteiger partial charge in [0, 0.05) is 22.0 Å². The van der Waals surface area contributed by atoms with E-state index in [2.05, 4.69) is 17.2 Å². The predicted molar refractivity (Wildman–Crippen MR) is 144 cm³/mol. The zero-order valence-electron chi connectivity index (χ0n) is 21.0. The molecular weight excluding hydrogens is 496 g/mol. The summed E-state index contributed by atoms with van der Waals surface area (Å²) in [7, 11) is 0. The standard InChI is InChI=1S/C27H31ClN4O3S/c1-5-7-14-36-27-30-26-29-17(3)24(18(4)33)25(32(26)31-27)20-10-13-22(23(15-20)34-6-2)35-16-19-8-11-21(28)12-9-19/h8-13,15,25H,5-7,14,16H2,1-4H3,(H,29,30,31). The summed E-state index contributed by atoms with van der Waals surface area (Å²) in [4.78, 5) is 17.4. The number of ether oxygens (including phenoxy) is 2. The van der Waals surface area contributed by atoms with Crippen LogP contribution in [0, 0.1) is 0 Å². The first-order chi connectivity index (χ1) is 17.4. The third-order valence-corrected chi connectivity index (χ3v) is 7.01. The number of thioether (sulfide) groups is 1. The van der Waals surface area contributed by atoms with Crippen LogP contribution in [0.3, 0.4) is 0 Å². The van der Waals surface area contributed by atoms with Crippen LogP contribution < -0.4 is 14.8 Å². The molecule has 1 aromatic heterocycles. The second-order valence-electron chi connectivity index (χ2n) is 8.54. The van der Waals surface area contributed by atoms with Crippen molar-refractivity contribution in [1.29, 1.82) is 0 Å². The molecule has 1 aliphatic heterocycles. The van der Waals surface area contributed by atoms with E-state index in [1.165, 1.54) is 0 Å². The Morgan fingerprint density at radius 1 is 1.14 bits per heavy atom. The number of unbranched alkanes of at least 4 members (excludes halogenated alkanes) is 1. The Morgan fingerprint density at radius 2 is 1.92 bits per heavy atom. The highest BCUT2D eigenvalue weighted by molar-refractivity contribution is 7.99. The van der Waals surface area contributed by atoms with Gasteiger partial charge in [0.25, 0.3) is 0 Å². The van der Waals surface area contributed by atoms with Crippen LogP contribution in [0.4, 0.5) is 5.95 Å². The molecule has 2 heterocycles. The van der Waals surface area contributed by atoms with Gasteiger partial charge in [-0.2, -0.15) is 4.98 Å². The number of halogens is 1. The zero-order chi connectivity index (χ0) is 25.7. The molecule has 9 heteroatoms. The molecule has 2 aromatic carbocycles. The average Bonchev–Trinajstić information content (AvgIpc) is 3.25. The van der Waals surface area contributed by atoms with Crippen molar-refractivity contribution in [1.82, 2.24) is 14.8 Å². The number of nitrogens with one attached hydrogen (secondary N) is 1. The molecule has 7 nitrogen and oxygen atoms in total. The molecule has 0 saturated heterocycles. The average molecular weight is 527 g/mol. The minimum absolute atomic E-state index is 0.0210. The number of fused-ring (bicyclic) bond motifs is 1. The highest BCUT2D eigenvalue weighted by atomic mass is 35.5. The van der Waals surface area contributed by atoms with Gasteiger partial charge in [-0.25, -0.2) is 4.68 Å². The van der Waals surface area contributed by atoms with Crippen LogP contribution in [-0.2, 0) is 11.4 Å². The largest absolute Gasteiger partial charge is 0.490 e. The van der Waals surface area contributed by atoms with Crippen molar-refractivity contribution in [3.63, 3.8) is 0 Å². The molecule has 1 N–H and O–H groups in total. The number of rotatable bonds is 11. The lowest BCUT2D eigenvalue weighted by Crippen LogP contribution is -2.27. The Balaban J connectivity index is 1.68. The molecule has 36 heavy (non-hydrogen) atoms. The fraction of sp³-hybridized carbons (Fsp3) is 0.370. The van der Waals surface area contributed by atoms with Crippen LogP contribution in [0.25, 0.3) is 0 Å². The van der Waals surface area contributed by atoms with E-state index in [9.17, 15) is 4.79 Å². The maximum Gasteiger partial charge on any atom is 0.227 e. The van der Waals surface area contributed by atoms with Crippen LogP contribution in [0.2, 0.25) is 5.02 Å². The fourth-order valence-electron chi connectivity index (χ4n) is 4.09. The van der Waals surface area contributed by atoms with Gasteiger partial charge in [-0.15, -0.1) is 5.10 Å². The minimum Gasteiger partial charge on any atom is -0.490 e. The number of ketones is 1. The van der Waals surface area contributed by atoms with Crippen molar-refractivity contribution in [3.8, 4) is 11.5 Å². The van der Waals surface area contributed by atoms with E-state index in [0.717, 1.165) is 35.4 Å². The van der Waals surface area contributed by atoms with Crippen LogP contribution in [0.1, 0.15) is 57.7 Å². The van der Waals surface area contributed by atoms with Gasteiger partial charge in [0.05, 0.1) is 6.61 Å². The maximum absolute atomic E-state index is 12.8. The number of Topliss-reactive ketones (excluding diaryl/α,β-unsaturated/α-hetero) is 1. The SMILES string of the molecule is CCCCSc1nc2n(n1)C(c1ccc(OCc3ccc(Cl)cc3)c(OCC)c1)C(C(C)=O)=C(C)N2. The second-order valence-corrected chi connectivity index (χ2v) is 10.0. The summed E-state index contributed by atoms with van der Waals surface area (Å²) < 4.78 is 13.8. The van der Waals surface area contributed by atoms with Gasteiger partial charge in [0.2, 0.25) is 11.1 Å². The van der Waals surface area contributed by atoms with Gasteiger partial charge in [0.15, 0.2) is 17.3 Å². The van der Waals surface area contributed by atoms with E-state index < -0.39 is 6.04 Å². The number of carbonyl (C=O) groups is 1. The summed E-state index contributed by atoms with van der Waals surface area (Å²) in [6.45, 7) is 8.44. The maximum atomic E-state index is 12.8. The highest BCUT2D eigenvalue weighted by Crippen LogP contribution is 2.40. The molecule has 0 fully saturated rings. The highest BCUT2D eigenvalue weighted by Gasteiger charge is 2.33. The number of aromatic nitrogens is 3. The normalized spacial score (nSPS) is 14.9. The third-order valence-electron chi connectivity index (χ3n) is 5.83. The lowest BCUT2D eigenvalue weighted by molar-refractivity contribution is -0.114. The Bertz CT molecular complexity index is 1260. The lowest BCUT2D eigenvalue weighted by atomic mass is 9.93. The van der Waals surface area contributed by atoms with Gasteiger partial charge >= 0.3 is 0 Å². The van der Waals surface area contributed by atoms with E-state index in [1.807, 2.05) is 56.3 Å². The molecule has 1 unspecified atom stereocenters. The summed E-state index contributed by atoms with van der Waals surface area (Å²) in [5.74, 6) is 2.80. The first-order valence-corrected chi connectivity index (χ1v) is 13.5. The first-order valence-electron chi connectivity index (χ1n) is 12.1. The topological polar surface area (TPSA) is 78.3 Å². The predicted octanol–water partition coefficient (Wildman–Crippen LogP) is 6.68. The fourth-order valence-corrected chi connectivity index (χ4v) is 5.13. The van der Waals surface area contributed by atoms with E-state index in [-0.39, 0.29) is 5.78 Å². The Labute approximate surface area is 221 Å². The number of nitrogens with zero attached hydrogens (tertiary/aromatic N) is 3. The Kier molecular flexibility index (Phi) is 8.59. The van der Waals surface area contributed by atoms with E-state index >= 15 is 0 Å². The zero-order valence-corrected chi connectivity index (χ0v) is 22.6. The van der Waals surface area contributed by atoms with Crippen LogP contribution in [-0.4, -0.2) is 32.9 Å². The molecule has 1 atom stereocenters. The van der Waals surface area contributed by atoms with Crippen molar-refractivity contribution in [3.05, 3.63) is 69.9 Å². The van der Waals surface area contributed by atoms with Crippen molar-refractivity contribution < 1.29 is 14.3 Å².